The second kappa shape index (κ2) is 6.79. The highest BCUT2D eigenvalue weighted by Crippen LogP contribution is 2.19. The number of rotatable bonds is 4. The van der Waals surface area contributed by atoms with Crippen LogP contribution < -0.4 is 5.32 Å². The Balaban J connectivity index is 2.41. The Morgan fingerprint density at radius 2 is 1.74 bits per heavy atom. The van der Waals surface area contributed by atoms with Gasteiger partial charge in [0.05, 0.1) is 6.07 Å². The van der Waals surface area contributed by atoms with Crippen LogP contribution in [0, 0.1) is 25.2 Å². The fourth-order valence-electron chi connectivity index (χ4n) is 2.24. The highest BCUT2D eigenvalue weighted by atomic mass is 16.1. The molecule has 0 saturated heterocycles. The van der Waals surface area contributed by atoms with Gasteiger partial charge in [-0.1, -0.05) is 12.1 Å². The Morgan fingerprint density at radius 3 is 2.30 bits per heavy atom. The monoisotopic (exact) mass is 308 g/mol. The first-order chi connectivity index (χ1) is 11.0. The van der Waals surface area contributed by atoms with Gasteiger partial charge in [-0.2, -0.15) is 5.26 Å². The first-order valence-electron chi connectivity index (χ1n) is 7.04. The summed E-state index contributed by atoms with van der Waals surface area (Å²) in [6.07, 6.45) is 0. The van der Waals surface area contributed by atoms with Gasteiger partial charge in [-0.15, -0.1) is 0 Å². The van der Waals surface area contributed by atoms with Crippen molar-refractivity contribution in [3.8, 4) is 6.07 Å². The van der Waals surface area contributed by atoms with Gasteiger partial charge in [0.25, 0.3) is 5.91 Å². The maximum atomic E-state index is 12.6. The average molecular weight is 308 g/mol. The van der Waals surface area contributed by atoms with E-state index >= 15 is 0 Å². The number of nitrogens with one attached hydrogen (secondary N) is 1. The normalized spacial score (nSPS) is 11.4. The Bertz CT molecular complexity index is 788. The van der Waals surface area contributed by atoms with Crippen LogP contribution >= 0.6 is 0 Å². The van der Waals surface area contributed by atoms with Gasteiger partial charge in [0.15, 0.2) is 17.5 Å². The van der Waals surface area contributed by atoms with E-state index < -0.39 is 11.7 Å². The zero-order valence-corrected chi connectivity index (χ0v) is 13.1. The predicted octanol–water partition coefficient (Wildman–Crippen LogP) is 1.94. The van der Waals surface area contributed by atoms with Crippen molar-refractivity contribution in [2.45, 2.75) is 19.8 Å². The Morgan fingerprint density at radius 1 is 1.13 bits per heavy atom. The first-order valence-corrected chi connectivity index (χ1v) is 7.04. The van der Waals surface area contributed by atoms with Gasteiger partial charge in [-0.3, -0.25) is 9.59 Å². The molecule has 1 N–H and O–H groups in total. The number of hydrogen-bond donors (Lipinski definition) is 1. The minimum atomic E-state index is -1.10. The van der Waals surface area contributed by atoms with E-state index in [0.717, 1.165) is 0 Å². The van der Waals surface area contributed by atoms with Crippen molar-refractivity contribution in [2.75, 3.05) is 7.05 Å². The van der Waals surface area contributed by atoms with E-state index in [-0.39, 0.29) is 17.3 Å². The van der Waals surface area contributed by atoms with Crippen LogP contribution in [0.15, 0.2) is 30.3 Å². The van der Waals surface area contributed by atoms with Crippen LogP contribution in [0.4, 0.5) is 0 Å². The van der Waals surface area contributed by atoms with Crippen molar-refractivity contribution in [1.82, 2.24) is 15.3 Å². The van der Waals surface area contributed by atoms with E-state index in [2.05, 4.69) is 15.3 Å². The summed E-state index contributed by atoms with van der Waals surface area (Å²) in [5.41, 5.74) is 2.02. The molecule has 0 saturated carbocycles. The quantitative estimate of drug-likeness (QED) is 0.871. The summed E-state index contributed by atoms with van der Waals surface area (Å²) in [4.78, 5) is 32.7. The fourth-order valence-corrected chi connectivity index (χ4v) is 2.24. The lowest BCUT2D eigenvalue weighted by Crippen LogP contribution is -2.19. The molecule has 0 radical (unpaired) electrons. The third kappa shape index (κ3) is 3.58. The van der Waals surface area contributed by atoms with Crippen LogP contribution in [0.1, 0.15) is 43.8 Å². The number of benzene rings is 1. The zero-order chi connectivity index (χ0) is 17.0. The van der Waals surface area contributed by atoms with Gasteiger partial charge in [0.2, 0.25) is 0 Å². The highest BCUT2D eigenvalue weighted by molar-refractivity contribution is 6.04. The molecule has 0 aliphatic carbocycles. The molecule has 1 atom stereocenters. The minimum absolute atomic E-state index is 0.181. The third-order valence-corrected chi connectivity index (χ3v) is 3.29. The van der Waals surface area contributed by atoms with E-state index in [0.29, 0.717) is 17.0 Å². The van der Waals surface area contributed by atoms with Crippen LogP contribution in [0.5, 0.6) is 0 Å². The van der Waals surface area contributed by atoms with Gasteiger partial charge < -0.3 is 5.32 Å². The number of nitrogens with zero attached hydrogens (tertiary/aromatic N) is 3. The molecule has 0 aliphatic rings. The lowest BCUT2D eigenvalue weighted by Gasteiger charge is -2.09. The van der Waals surface area contributed by atoms with Crippen molar-refractivity contribution < 1.29 is 9.59 Å². The molecule has 0 fully saturated rings. The highest BCUT2D eigenvalue weighted by Gasteiger charge is 2.25. The van der Waals surface area contributed by atoms with Crippen molar-refractivity contribution in [3.63, 3.8) is 0 Å². The first kappa shape index (κ1) is 16.3. The van der Waals surface area contributed by atoms with Gasteiger partial charge in [-0.25, -0.2) is 9.97 Å². The molecule has 1 aromatic heterocycles. The van der Waals surface area contributed by atoms with Crippen molar-refractivity contribution >= 4 is 11.7 Å². The molecule has 2 rings (SSSR count). The van der Waals surface area contributed by atoms with Crippen LogP contribution in [0.2, 0.25) is 0 Å². The summed E-state index contributed by atoms with van der Waals surface area (Å²) >= 11 is 0. The lowest BCUT2D eigenvalue weighted by atomic mass is 9.96. The Hall–Kier alpha value is -3.07. The van der Waals surface area contributed by atoms with Gasteiger partial charge in [0, 0.05) is 29.6 Å². The lowest BCUT2D eigenvalue weighted by molar-refractivity contribution is 0.0963. The van der Waals surface area contributed by atoms with E-state index in [4.69, 9.17) is 0 Å². The summed E-state index contributed by atoms with van der Waals surface area (Å²) in [6, 6.07) is 9.98. The zero-order valence-electron chi connectivity index (χ0n) is 13.1. The molecule has 1 amide bonds. The number of aryl methyl sites for hydroxylation is 2. The molecule has 6 nitrogen and oxygen atoms in total. The Kier molecular flexibility index (Phi) is 4.82. The van der Waals surface area contributed by atoms with Crippen molar-refractivity contribution in [1.29, 1.82) is 5.26 Å². The molecule has 0 bridgehead atoms. The third-order valence-electron chi connectivity index (χ3n) is 3.29. The van der Waals surface area contributed by atoms with E-state index in [1.165, 1.54) is 13.1 Å². The molecular formula is C17H16N4O2. The molecule has 6 heteroatoms. The standard InChI is InChI=1S/C17H16N4O2/c1-10-7-11(2)21-16(20-10)14(9-18)15(22)12-5-4-6-13(8-12)17(23)19-3/h4-8,14H,1-3H3,(H,19,23)/t14-/m1/s1. The Labute approximate surface area is 134 Å². The van der Waals surface area contributed by atoms with Crippen LogP contribution in [-0.4, -0.2) is 28.7 Å². The number of ketones is 1. The van der Waals surface area contributed by atoms with Crippen LogP contribution in [0.25, 0.3) is 0 Å². The number of Topliss-reactive ketones (excluding diaryl/α,β-unsaturated/α-hetero) is 1. The summed E-state index contributed by atoms with van der Waals surface area (Å²) in [6.45, 7) is 3.56. The average Bonchev–Trinajstić information content (AvgIpc) is 2.54. The van der Waals surface area contributed by atoms with E-state index in [1.54, 1.807) is 38.1 Å². The molecule has 116 valence electrons. The molecular weight excluding hydrogens is 292 g/mol. The van der Waals surface area contributed by atoms with Crippen LogP contribution in [0.3, 0.4) is 0 Å². The second-order valence-corrected chi connectivity index (χ2v) is 5.10. The number of amides is 1. The molecule has 0 spiro atoms. The number of nitriles is 1. The maximum absolute atomic E-state index is 12.6. The van der Waals surface area contributed by atoms with E-state index in [1.807, 2.05) is 6.07 Å². The summed E-state index contributed by atoms with van der Waals surface area (Å²) in [7, 11) is 1.51. The van der Waals surface area contributed by atoms with Crippen molar-refractivity contribution in [3.05, 3.63) is 58.7 Å². The molecule has 0 unspecified atom stereocenters. The molecule has 1 aromatic carbocycles. The topological polar surface area (TPSA) is 95.7 Å². The largest absolute Gasteiger partial charge is 0.355 e. The van der Waals surface area contributed by atoms with Crippen molar-refractivity contribution in [2.24, 2.45) is 0 Å². The predicted molar refractivity (Wildman–Crippen MR) is 84.0 cm³/mol. The minimum Gasteiger partial charge on any atom is -0.355 e. The number of carbonyl (C=O) groups excluding carboxylic acids is 2. The van der Waals surface area contributed by atoms with Gasteiger partial charge in [-0.05, 0) is 32.0 Å². The summed E-state index contributed by atoms with van der Waals surface area (Å²) in [5, 5.41) is 11.9. The fraction of sp³-hybridized carbons (Fsp3) is 0.235. The smallest absolute Gasteiger partial charge is 0.251 e. The number of hydrogen-bond acceptors (Lipinski definition) is 5. The van der Waals surface area contributed by atoms with Crippen LogP contribution in [-0.2, 0) is 0 Å². The summed E-state index contributed by atoms with van der Waals surface area (Å²) < 4.78 is 0. The number of aromatic nitrogens is 2. The molecule has 0 aliphatic heterocycles. The van der Waals surface area contributed by atoms with Gasteiger partial charge >= 0.3 is 0 Å². The second-order valence-electron chi connectivity index (χ2n) is 5.10. The number of carbonyl (C=O) groups is 2. The SMILES string of the molecule is CNC(=O)c1cccc(C(=O)[C@@H](C#N)c2nc(C)cc(C)n2)c1. The molecule has 23 heavy (non-hydrogen) atoms. The van der Waals surface area contributed by atoms with Gasteiger partial charge in [0.1, 0.15) is 0 Å². The summed E-state index contributed by atoms with van der Waals surface area (Å²) in [5.74, 6) is -1.65. The molecule has 1 heterocycles. The van der Waals surface area contributed by atoms with E-state index in [9.17, 15) is 14.9 Å². The molecule has 2 aromatic rings. The maximum Gasteiger partial charge on any atom is 0.251 e.